The molecule has 2 aromatic rings. The Morgan fingerprint density at radius 2 is 2.03 bits per heavy atom. The monoisotopic (exact) mass is 402 g/mol. The molecular formula is C20H30N6O3. The van der Waals surface area contributed by atoms with E-state index in [4.69, 9.17) is 9.57 Å². The number of nitrogens with zero attached hydrogens (tertiary/aromatic N) is 6. The van der Waals surface area contributed by atoms with Gasteiger partial charge >= 0.3 is 0 Å². The molecule has 0 spiro atoms. The molecule has 1 aliphatic rings. The lowest BCUT2D eigenvalue weighted by molar-refractivity contribution is -0.726. The van der Waals surface area contributed by atoms with Crippen molar-refractivity contribution in [3.8, 4) is 5.75 Å². The van der Waals surface area contributed by atoms with Crippen molar-refractivity contribution in [1.29, 1.82) is 0 Å². The molecule has 1 heterocycles. The zero-order valence-electron chi connectivity index (χ0n) is 17.6. The number of hydrazine groups is 1. The van der Waals surface area contributed by atoms with Gasteiger partial charge in [0.2, 0.25) is 5.28 Å². The van der Waals surface area contributed by atoms with Crippen LogP contribution in [0.1, 0.15) is 51.5 Å². The van der Waals surface area contributed by atoms with Crippen molar-refractivity contribution in [2.24, 2.45) is 5.28 Å². The van der Waals surface area contributed by atoms with Crippen molar-refractivity contribution in [2.75, 3.05) is 13.7 Å². The van der Waals surface area contributed by atoms with E-state index in [0.29, 0.717) is 24.0 Å². The molecule has 1 aliphatic carbocycles. The first-order valence-electron chi connectivity index (χ1n) is 9.96. The molecule has 1 aromatic heterocycles. The average molecular weight is 402 g/mol. The lowest BCUT2D eigenvalue weighted by atomic mass is 9.98. The highest BCUT2D eigenvalue weighted by Gasteiger charge is 2.31. The number of rotatable bonds is 8. The summed E-state index contributed by atoms with van der Waals surface area (Å²) in [6, 6.07) is 8.13. The zero-order chi connectivity index (χ0) is 20.9. The molecule has 1 saturated carbocycles. The van der Waals surface area contributed by atoms with E-state index < -0.39 is 5.54 Å². The number of benzene rings is 1. The predicted octanol–water partition coefficient (Wildman–Crippen LogP) is 3.53. The number of hydrogen-bond donors (Lipinski definition) is 0. The Labute approximate surface area is 171 Å². The minimum Gasteiger partial charge on any atom is -0.569 e. The van der Waals surface area contributed by atoms with E-state index in [-0.39, 0.29) is 6.10 Å². The summed E-state index contributed by atoms with van der Waals surface area (Å²) in [6.07, 6.45) is 6.06. The fourth-order valence-corrected chi connectivity index (χ4v) is 3.59. The van der Waals surface area contributed by atoms with E-state index in [1.807, 2.05) is 32.9 Å². The molecule has 1 aromatic carbocycles. The minimum absolute atomic E-state index is 0.0596. The van der Waals surface area contributed by atoms with Crippen LogP contribution in [0.2, 0.25) is 0 Å². The summed E-state index contributed by atoms with van der Waals surface area (Å²) in [5, 5.41) is 25.8. The van der Waals surface area contributed by atoms with Crippen LogP contribution in [0.3, 0.4) is 0 Å². The molecule has 0 unspecified atom stereocenters. The maximum Gasteiger partial charge on any atom is 0.233 e. The van der Waals surface area contributed by atoms with Gasteiger partial charge in [-0.25, -0.2) is 0 Å². The Morgan fingerprint density at radius 3 is 2.66 bits per heavy atom. The van der Waals surface area contributed by atoms with Crippen LogP contribution in [-0.4, -0.2) is 50.3 Å². The third-order valence-corrected chi connectivity index (χ3v) is 5.23. The van der Waals surface area contributed by atoms with Crippen molar-refractivity contribution >= 4 is 0 Å². The second kappa shape index (κ2) is 9.11. The summed E-state index contributed by atoms with van der Waals surface area (Å²) in [7, 11) is 1.66. The second-order valence-corrected chi connectivity index (χ2v) is 8.31. The van der Waals surface area contributed by atoms with Crippen LogP contribution in [0.25, 0.3) is 0 Å². The van der Waals surface area contributed by atoms with E-state index >= 15 is 0 Å². The van der Waals surface area contributed by atoms with Gasteiger partial charge in [-0.2, -0.15) is 0 Å². The van der Waals surface area contributed by atoms with Crippen molar-refractivity contribution in [3.05, 3.63) is 47.4 Å². The summed E-state index contributed by atoms with van der Waals surface area (Å²) >= 11 is 0. The fourth-order valence-electron chi connectivity index (χ4n) is 3.59. The van der Waals surface area contributed by atoms with Gasteiger partial charge in [0.25, 0.3) is 0 Å². The molecule has 0 saturated heterocycles. The Morgan fingerprint density at radius 1 is 1.28 bits per heavy atom. The van der Waals surface area contributed by atoms with Gasteiger partial charge in [-0.3, -0.25) is 4.68 Å². The Bertz CT molecular complexity index is 786. The smallest absolute Gasteiger partial charge is 0.233 e. The van der Waals surface area contributed by atoms with Crippen LogP contribution >= 0.6 is 0 Å². The molecule has 9 nitrogen and oxygen atoms in total. The lowest BCUT2D eigenvalue weighted by Crippen LogP contribution is -2.47. The minimum atomic E-state index is -0.406. The van der Waals surface area contributed by atoms with Gasteiger partial charge in [0, 0.05) is 6.20 Å². The van der Waals surface area contributed by atoms with E-state index in [2.05, 4.69) is 27.7 Å². The van der Waals surface area contributed by atoms with Crippen molar-refractivity contribution in [3.63, 3.8) is 0 Å². The maximum atomic E-state index is 12.6. The van der Waals surface area contributed by atoms with Crippen LogP contribution in [-0.2, 0) is 11.4 Å². The van der Waals surface area contributed by atoms with E-state index in [1.165, 1.54) is 5.56 Å². The highest BCUT2D eigenvalue weighted by atomic mass is 16.7. The van der Waals surface area contributed by atoms with Gasteiger partial charge in [0.1, 0.15) is 11.9 Å². The van der Waals surface area contributed by atoms with Crippen molar-refractivity contribution in [1.82, 2.24) is 20.0 Å². The van der Waals surface area contributed by atoms with Crippen LogP contribution in [0, 0.1) is 5.21 Å². The molecular weight excluding hydrogens is 372 g/mol. The molecule has 0 aliphatic heterocycles. The molecule has 158 valence electrons. The summed E-state index contributed by atoms with van der Waals surface area (Å²) in [4.78, 5) is 6.18. The summed E-state index contributed by atoms with van der Waals surface area (Å²) in [5.41, 5.74) is 0.858. The highest BCUT2D eigenvalue weighted by molar-refractivity contribution is 5.29. The van der Waals surface area contributed by atoms with Crippen LogP contribution in [0.4, 0.5) is 0 Å². The fraction of sp³-hybridized carbons (Fsp3) is 0.600. The third-order valence-electron chi connectivity index (χ3n) is 5.23. The van der Waals surface area contributed by atoms with Crippen molar-refractivity contribution in [2.45, 2.75) is 64.1 Å². The molecule has 1 fully saturated rings. The molecule has 29 heavy (non-hydrogen) atoms. The Hall–Kier alpha value is -2.84. The van der Waals surface area contributed by atoms with Gasteiger partial charge in [-0.05, 0) is 63.6 Å². The molecule has 0 radical (unpaired) electrons. The Balaban J connectivity index is 1.56. The van der Waals surface area contributed by atoms with Gasteiger partial charge in [-0.1, -0.05) is 17.3 Å². The summed E-state index contributed by atoms with van der Waals surface area (Å²) < 4.78 is 6.90. The highest BCUT2D eigenvalue weighted by Crippen LogP contribution is 2.36. The number of ether oxygens (including phenoxy) is 1. The van der Waals surface area contributed by atoms with Crippen LogP contribution in [0.5, 0.6) is 5.75 Å². The quantitative estimate of drug-likeness (QED) is 0.381. The number of hydrogen-bond acceptors (Lipinski definition) is 6. The van der Waals surface area contributed by atoms with Gasteiger partial charge < -0.3 is 14.8 Å². The lowest BCUT2D eigenvalue weighted by Gasteiger charge is -2.30. The third kappa shape index (κ3) is 5.58. The van der Waals surface area contributed by atoms with E-state index in [0.717, 1.165) is 25.0 Å². The predicted molar refractivity (Wildman–Crippen MR) is 107 cm³/mol. The zero-order valence-corrected chi connectivity index (χ0v) is 17.6. The largest absolute Gasteiger partial charge is 0.569 e. The SMILES string of the molecule is COc1ccc([C@@H]2CC[C@H](ON=[N+]([O-])N(CCn3ccnn3)C(C)(C)C)C2)cc1. The molecule has 0 amide bonds. The van der Waals surface area contributed by atoms with Crippen LogP contribution in [0.15, 0.2) is 41.9 Å². The average Bonchev–Trinajstić information content (AvgIpc) is 3.37. The first-order valence-corrected chi connectivity index (χ1v) is 9.96. The maximum absolute atomic E-state index is 12.6. The second-order valence-electron chi connectivity index (χ2n) is 8.31. The standard InChI is InChI=1S/C20H30N6O3/c1-20(2,3)25(14-13-24-12-11-21-22-24)26(27)23-29-19-10-7-17(15-19)16-5-8-18(28-4)9-6-16/h5-6,8-9,11-12,17,19H,7,10,13-15H2,1-4H3/t17-,19+/m1/s1. The molecule has 3 rings (SSSR count). The van der Waals surface area contributed by atoms with Gasteiger partial charge in [-0.15, -0.1) is 10.1 Å². The van der Waals surface area contributed by atoms with Gasteiger partial charge in [0.15, 0.2) is 0 Å². The van der Waals surface area contributed by atoms with Crippen molar-refractivity contribution < 1.29 is 14.5 Å². The summed E-state index contributed by atoms with van der Waals surface area (Å²) in [6.45, 7) is 6.87. The summed E-state index contributed by atoms with van der Waals surface area (Å²) in [5.74, 6) is 1.26. The number of aromatic nitrogens is 3. The van der Waals surface area contributed by atoms with Crippen LogP contribution < -0.4 is 4.74 Å². The van der Waals surface area contributed by atoms with E-state index in [1.54, 1.807) is 29.2 Å². The molecule has 0 N–H and O–H groups in total. The Kier molecular flexibility index (Phi) is 6.56. The molecule has 0 bridgehead atoms. The molecule has 2 atom stereocenters. The normalized spacial score (nSPS) is 19.9. The first-order chi connectivity index (χ1) is 13.9. The first kappa shape index (κ1) is 20.9. The van der Waals surface area contributed by atoms with E-state index in [9.17, 15) is 5.21 Å². The molecule has 9 heteroatoms. The number of methoxy groups -OCH3 is 1. The topological polar surface area (TPSA) is 90.8 Å². The van der Waals surface area contributed by atoms with Gasteiger partial charge in [0.05, 0.1) is 36.9 Å².